The molecule has 1 aliphatic heterocycles. The number of nitrogens with one attached hydrogen (secondary N) is 2. The van der Waals surface area contributed by atoms with Crippen LogP contribution in [-0.2, 0) is 30.0 Å². The molecular weight excluding hydrogens is 645 g/mol. The van der Waals surface area contributed by atoms with Crippen LogP contribution in [0, 0.1) is 5.92 Å². The van der Waals surface area contributed by atoms with E-state index in [0.717, 1.165) is 12.3 Å². The molecule has 3 aromatic rings. The predicted molar refractivity (Wildman–Crippen MR) is 152 cm³/mol. The molecule has 0 saturated carbocycles. The summed E-state index contributed by atoms with van der Waals surface area (Å²) in [6.07, 6.45) is -7.18. The molecule has 1 aliphatic rings. The Hall–Kier alpha value is -4.13. The third-order valence-corrected chi connectivity index (χ3v) is 7.85. The number of alkyl halides is 2. The van der Waals surface area contributed by atoms with Crippen LogP contribution in [0.5, 0.6) is 11.5 Å². The van der Waals surface area contributed by atoms with Gasteiger partial charge in [-0.2, -0.15) is 13.8 Å². The fourth-order valence-electron chi connectivity index (χ4n) is 4.41. The van der Waals surface area contributed by atoms with Crippen LogP contribution in [0.2, 0.25) is 0 Å². The Morgan fingerprint density at radius 3 is 2.54 bits per heavy atom. The summed E-state index contributed by atoms with van der Waals surface area (Å²) in [7, 11) is -1.93. The molecule has 0 spiro atoms. The molecule has 0 bridgehead atoms. The number of carbonyl (C=O) groups excluding carboxylic acids is 1. The summed E-state index contributed by atoms with van der Waals surface area (Å²) in [6, 6.07) is 4.36. The lowest BCUT2D eigenvalue weighted by atomic mass is 10.1. The molecule has 17 nitrogen and oxygen atoms in total. The average Bonchev–Trinajstić information content (AvgIpc) is 3.50. The van der Waals surface area contributed by atoms with Crippen molar-refractivity contribution in [1.82, 2.24) is 14.6 Å². The lowest BCUT2D eigenvalue weighted by molar-refractivity contribution is -0.141. The van der Waals surface area contributed by atoms with E-state index in [-0.39, 0.29) is 18.2 Å². The van der Waals surface area contributed by atoms with E-state index >= 15 is 0 Å². The maximum absolute atomic E-state index is 14.9. The van der Waals surface area contributed by atoms with E-state index in [2.05, 4.69) is 10.3 Å². The van der Waals surface area contributed by atoms with E-state index < -0.39 is 68.4 Å². The monoisotopic (exact) mass is 676 g/mol. The Kier molecular flexibility index (Phi) is 10.3. The number of hydrogen-bond donors (Lipinski definition) is 5. The average molecular weight is 677 g/mol. The number of fused-ring (bicyclic) bond motifs is 1. The highest BCUT2D eigenvalue weighted by molar-refractivity contribution is 7.50. The fourth-order valence-corrected chi connectivity index (χ4v) is 5.59. The normalized spacial score (nSPS) is 21.1. The topological polar surface area (TPSA) is 230 Å². The number of aliphatic carboxylic acids is 1. The zero-order valence-electron chi connectivity index (χ0n) is 24.7. The number of halogens is 2. The van der Waals surface area contributed by atoms with Gasteiger partial charge >= 0.3 is 31.4 Å². The summed E-state index contributed by atoms with van der Waals surface area (Å²) in [5.74, 6) is -5.43. The number of aliphatic hydroxyl groups is 1. The molecule has 5 N–H and O–H groups in total. The number of aliphatic hydroxyl groups excluding tert-OH is 1. The van der Waals surface area contributed by atoms with Gasteiger partial charge in [0.1, 0.15) is 29.5 Å². The molecule has 1 unspecified atom stereocenters. The van der Waals surface area contributed by atoms with Gasteiger partial charge in [0.2, 0.25) is 6.23 Å². The minimum atomic E-state index is -4.86. The maximum atomic E-state index is 14.9. The number of amides is 1. The van der Waals surface area contributed by atoms with Crippen molar-refractivity contribution in [2.45, 2.75) is 50.9 Å². The van der Waals surface area contributed by atoms with E-state index in [1.54, 1.807) is 18.2 Å². The van der Waals surface area contributed by atoms with Crippen molar-refractivity contribution in [2.75, 3.05) is 26.1 Å². The summed E-state index contributed by atoms with van der Waals surface area (Å²) in [4.78, 5) is 49.7. The van der Waals surface area contributed by atoms with Gasteiger partial charge in [-0.1, -0.05) is 13.8 Å². The molecule has 4 rings (SSSR count). The molecule has 3 heterocycles. The number of carbonyl (C=O) groups is 2. The highest BCUT2D eigenvalue weighted by atomic mass is 31.2. The van der Waals surface area contributed by atoms with Crippen molar-refractivity contribution in [2.24, 2.45) is 5.92 Å². The first-order valence-electron chi connectivity index (χ1n) is 13.4. The molecule has 0 aliphatic carbocycles. The highest BCUT2D eigenvalue weighted by Crippen LogP contribution is 2.45. The largest absolute Gasteiger partial charge is 0.497 e. The Morgan fingerprint density at radius 1 is 1.22 bits per heavy atom. The number of carboxylic acids is 1. The quantitative estimate of drug-likeness (QED) is 0.164. The molecule has 1 saturated heterocycles. The summed E-state index contributed by atoms with van der Waals surface area (Å²) < 4.78 is 73.6. The first kappa shape index (κ1) is 34.7. The van der Waals surface area contributed by atoms with Gasteiger partial charge in [0.05, 0.1) is 20.8 Å². The van der Waals surface area contributed by atoms with Crippen LogP contribution in [0.15, 0.2) is 39.7 Å². The van der Waals surface area contributed by atoms with Crippen LogP contribution < -0.4 is 25.6 Å². The van der Waals surface area contributed by atoms with E-state index in [1.165, 1.54) is 28.1 Å². The SMILES string of the molecule is COc1cc(OC)c2oc(COC(=O)Nc3ccn([C@@H]4O[C@H](COP(=O)(O)N[C@H](C(=O)O)C(C)C)[C@@H](O)C4(F)F)c(=O)n3)cc2c1. The van der Waals surface area contributed by atoms with Gasteiger partial charge in [0.25, 0.3) is 0 Å². The summed E-state index contributed by atoms with van der Waals surface area (Å²) >= 11 is 0. The van der Waals surface area contributed by atoms with Crippen molar-refractivity contribution in [3.63, 3.8) is 0 Å². The van der Waals surface area contributed by atoms with Crippen molar-refractivity contribution in [3.8, 4) is 11.5 Å². The Balaban J connectivity index is 1.38. The second-order valence-electron chi connectivity index (χ2n) is 10.3. The van der Waals surface area contributed by atoms with Crippen LogP contribution in [0.25, 0.3) is 11.0 Å². The zero-order chi connectivity index (χ0) is 34.0. The minimum absolute atomic E-state index is 0.243. The molecular formula is C26H31F2N4O13P. The predicted octanol–water partition coefficient (Wildman–Crippen LogP) is 2.46. The third-order valence-electron chi connectivity index (χ3n) is 6.75. The fraction of sp³-hybridized carbons (Fsp3) is 0.462. The van der Waals surface area contributed by atoms with E-state index in [9.17, 15) is 42.8 Å². The van der Waals surface area contributed by atoms with Crippen LogP contribution in [0.3, 0.4) is 0 Å². The maximum Gasteiger partial charge on any atom is 0.413 e. The van der Waals surface area contributed by atoms with Gasteiger partial charge < -0.3 is 38.5 Å². The standard InChI is InChI=1S/C26H31F2N4O13P/c1-12(2)19(22(34)35)31-46(38,39)43-11-17-21(33)26(27,28)23(45-17)32-6-5-18(29-24(32)36)30-25(37)42-10-15-8-13-7-14(40-3)9-16(41-4)20(13)44-15/h5-9,12,17,19,21,23,33H,10-11H2,1-4H3,(H,34,35)(H2,31,38,39)(H,29,30,36,37)/t17-,19+,21-,23-/m1/s1. The summed E-state index contributed by atoms with van der Waals surface area (Å²) in [6.45, 7) is 1.50. The number of furan rings is 1. The number of methoxy groups -OCH3 is 2. The number of nitrogens with zero attached hydrogens (tertiary/aromatic N) is 2. The van der Waals surface area contributed by atoms with Crippen LogP contribution in [-0.4, -0.2) is 81.7 Å². The van der Waals surface area contributed by atoms with Gasteiger partial charge in [-0.25, -0.2) is 19.2 Å². The van der Waals surface area contributed by atoms with E-state index in [1.807, 2.05) is 5.09 Å². The second kappa shape index (κ2) is 13.7. The molecule has 2 aromatic heterocycles. The molecule has 252 valence electrons. The molecule has 46 heavy (non-hydrogen) atoms. The van der Waals surface area contributed by atoms with E-state index in [0.29, 0.717) is 27.0 Å². The van der Waals surface area contributed by atoms with Crippen LogP contribution in [0.4, 0.5) is 19.4 Å². The van der Waals surface area contributed by atoms with Gasteiger partial charge in [-0.15, -0.1) is 0 Å². The van der Waals surface area contributed by atoms with Gasteiger partial charge in [-0.3, -0.25) is 19.2 Å². The number of hydrogen-bond acceptors (Lipinski definition) is 12. The first-order valence-corrected chi connectivity index (χ1v) is 15.0. The number of ether oxygens (including phenoxy) is 4. The lowest BCUT2D eigenvalue weighted by Gasteiger charge is -2.23. The molecule has 0 radical (unpaired) electrons. The van der Waals surface area contributed by atoms with Gasteiger partial charge in [0.15, 0.2) is 24.0 Å². The number of benzene rings is 1. The number of aromatic nitrogens is 2. The van der Waals surface area contributed by atoms with Crippen molar-refractivity contribution in [1.29, 1.82) is 0 Å². The summed E-state index contributed by atoms with van der Waals surface area (Å²) in [5, 5.41) is 24.0. The first-order chi connectivity index (χ1) is 21.6. The molecule has 1 aromatic carbocycles. The van der Waals surface area contributed by atoms with Crippen LogP contribution in [0.1, 0.15) is 25.8 Å². The molecule has 5 atom stereocenters. The molecule has 1 fully saturated rings. The van der Waals surface area contributed by atoms with E-state index in [4.69, 9.17) is 27.9 Å². The molecule has 1 amide bonds. The molecule has 20 heteroatoms. The second-order valence-corrected chi connectivity index (χ2v) is 11.9. The Morgan fingerprint density at radius 2 is 1.93 bits per heavy atom. The smallest absolute Gasteiger partial charge is 0.413 e. The van der Waals surface area contributed by atoms with Gasteiger partial charge in [0, 0.05) is 17.6 Å². The van der Waals surface area contributed by atoms with Crippen molar-refractivity contribution < 1.29 is 65.9 Å². The number of rotatable bonds is 13. The van der Waals surface area contributed by atoms with Crippen LogP contribution >= 0.6 is 7.75 Å². The summed E-state index contributed by atoms with van der Waals surface area (Å²) in [5.41, 5.74) is -0.928. The number of carboxylic acid groups (broad SMARTS) is 1. The van der Waals surface area contributed by atoms with Crippen molar-refractivity contribution in [3.05, 3.63) is 46.7 Å². The zero-order valence-corrected chi connectivity index (χ0v) is 25.6. The highest BCUT2D eigenvalue weighted by Gasteiger charge is 2.60. The third kappa shape index (κ3) is 7.63. The van der Waals surface area contributed by atoms with Gasteiger partial charge in [-0.05, 0) is 24.1 Å². The Labute approximate surface area is 258 Å². The lowest BCUT2D eigenvalue weighted by Crippen LogP contribution is -2.42. The number of anilines is 1. The van der Waals surface area contributed by atoms with Crippen molar-refractivity contribution >= 4 is 36.6 Å². The Bertz CT molecular complexity index is 1700. The minimum Gasteiger partial charge on any atom is -0.497 e.